The van der Waals surface area contributed by atoms with Crippen LogP contribution in [0.1, 0.15) is 5.69 Å². The lowest BCUT2D eigenvalue weighted by Crippen LogP contribution is -1.94. The summed E-state index contributed by atoms with van der Waals surface area (Å²) in [5.74, 6) is -0.299. The van der Waals surface area contributed by atoms with Crippen LogP contribution in [0.25, 0.3) is 5.69 Å². The van der Waals surface area contributed by atoms with Crippen molar-refractivity contribution in [1.29, 1.82) is 5.26 Å². The second-order valence-electron chi connectivity index (χ2n) is 2.74. The standard InChI is InChI=1S/C10H6FN3/c11-8-1-3-9(4-2-8)14-7-13-6-10(14)5-12/h1-4,6-7H. The van der Waals surface area contributed by atoms with Crippen molar-refractivity contribution in [3.8, 4) is 11.8 Å². The lowest BCUT2D eigenvalue weighted by molar-refractivity contribution is 0.627. The number of rotatable bonds is 1. The monoisotopic (exact) mass is 187 g/mol. The topological polar surface area (TPSA) is 41.6 Å². The summed E-state index contributed by atoms with van der Waals surface area (Å²) in [5, 5.41) is 8.74. The minimum atomic E-state index is -0.299. The Hall–Kier alpha value is -2.15. The molecule has 1 aromatic carbocycles. The highest BCUT2D eigenvalue weighted by Crippen LogP contribution is 2.10. The van der Waals surface area contributed by atoms with Crippen LogP contribution < -0.4 is 0 Å². The molecule has 4 heteroatoms. The van der Waals surface area contributed by atoms with E-state index in [1.165, 1.54) is 24.7 Å². The predicted molar refractivity (Wildman–Crippen MR) is 48.2 cm³/mol. The average molecular weight is 187 g/mol. The quantitative estimate of drug-likeness (QED) is 0.684. The third kappa shape index (κ3) is 1.36. The smallest absolute Gasteiger partial charge is 0.144 e. The molecule has 2 aromatic rings. The molecule has 0 aliphatic rings. The molecule has 0 saturated heterocycles. The Labute approximate surface area is 80.1 Å². The van der Waals surface area contributed by atoms with E-state index < -0.39 is 0 Å². The maximum atomic E-state index is 12.6. The van der Waals surface area contributed by atoms with Gasteiger partial charge in [0, 0.05) is 5.69 Å². The molecule has 0 unspecified atom stereocenters. The lowest BCUT2D eigenvalue weighted by Gasteiger charge is -2.02. The van der Waals surface area contributed by atoms with Crippen molar-refractivity contribution >= 4 is 0 Å². The first-order chi connectivity index (χ1) is 6.81. The molecule has 1 heterocycles. The zero-order valence-electron chi connectivity index (χ0n) is 7.18. The molecule has 0 amide bonds. The first-order valence-electron chi connectivity index (χ1n) is 3.99. The SMILES string of the molecule is N#Cc1cncn1-c1ccc(F)cc1. The maximum absolute atomic E-state index is 12.6. The predicted octanol–water partition coefficient (Wildman–Crippen LogP) is 1.88. The van der Waals surface area contributed by atoms with Gasteiger partial charge in [0.25, 0.3) is 0 Å². The van der Waals surface area contributed by atoms with E-state index in [-0.39, 0.29) is 5.82 Å². The number of imidazole rings is 1. The summed E-state index contributed by atoms with van der Waals surface area (Å²) in [5.41, 5.74) is 1.15. The number of benzene rings is 1. The Balaban J connectivity index is 2.50. The summed E-state index contributed by atoms with van der Waals surface area (Å²) in [7, 11) is 0. The van der Waals surface area contributed by atoms with Crippen molar-refractivity contribution in [3.05, 3.63) is 48.3 Å². The number of hydrogen-bond donors (Lipinski definition) is 0. The van der Waals surface area contributed by atoms with Crippen molar-refractivity contribution in [2.24, 2.45) is 0 Å². The number of halogens is 1. The van der Waals surface area contributed by atoms with Crippen molar-refractivity contribution in [2.45, 2.75) is 0 Å². The van der Waals surface area contributed by atoms with Gasteiger partial charge in [-0.15, -0.1) is 0 Å². The fourth-order valence-corrected chi connectivity index (χ4v) is 1.19. The Morgan fingerprint density at radius 1 is 1.29 bits per heavy atom. The lowest BCUT2D eigenvalue weighted by atomic mass is 10.3. The van der Waals surface area contributed by atoms with Crippen LogP contribution in [0.5, 0.6) is 0 Å². The molecular weight excluding hydrogens is 181 g/mol. The van der Waals surface area contributed by atoms with Gasteiger partial charge in [0.1, 0.15) is 23.9 Å². The van der Waals surface area contributed by atoms with Gasteiger partial charge in [-0.1, -0.05) is 0 Å². The molecule has 14 heavy (non-hydrogen) atoms. The van der Waals surface area contributed by atoms with E-state index in [4.69, 9.17) is 5.26 Å². The second kappa shape index (κ2) is 3.30. The minimum absolute atomic E-state index is 0.299. The molecule has 0 aliphatic heterocycles. The summed E-state index contributed by atoms with van der Waals surface area (Å²) in [4.78, 5) is 3.84. The van der Waals surface area contributed by atoms with Gasteiger partial charge >= 0.3 is 0 Å². The van der Waals surface area contributed by atoms with Crippen molar-refractivity contribution in [2.75, 3.05) is 0 Å². The van der Waals surface area contributed by atoms with Crippen LogP contribution >= 0.6 is 0 Å². The van der Waals surface area contributed by atoms with Crippen LogP contribution in [0, 0.1) is 17.1 Å². The Morgan fingerprint density at radius 2 is 2.00 bits per heavy atom. The van der Waals surface area contributed by atoms with Gasteiger partial charge in [-0.2, -0.15) is 5.26 Å². The van der Waals surface area contributed by atoms with Gasteiger partial charge < -0.3 is 0 Å². The minimum Gasteiger partial charge on any atom is -0.290 e. The Morgan fingerprint density at radius 3 is 2.64 bits per heavy atom. The molecule has 0 spiro atoms. The highest BCUT2D eigenvalue weighted by Gasteiger charge is 2.02. The molecule has 2 rings (SSSR count). The van der Waals surface area contributed by atoms with Gasteiger partial charge in [0.2, 0.25) is 0 Å². The van der Waals surface area contributed by atoms with Gasteiger partial charge in [0.05, 0.1) is 6.20 Å². The van der Waals surface area contributed by atoms with E-state index in [1.807, 2.05) is 6.07 Å². The van der Waals surface area contributed by atoms with E-state index >= 15 is 0 Å². The third-order valence-electron chi connectivity index (χ3n) is 1.86. The summed E-state index contributed by atoms with van der Waals surface area (Å²) >= 11 is 0. The summed E-state index contributed by atoms with van der Waals surface area (Å²) in [6.45, 7) is 0. The molecule has 0 fully saturated rings. The van der Waals surface area contributed by atoms with Crippen LogP contribution in [0.4, 0.5) is 4.39 Å². The zero-order chi connectivity index (χ0) is 9.97. The van der Waals surface area contributed by atoms with Crippen LogP contribution in [-0.4, -0.2) is 9.55 Å². The summed E-state index contributed by atoms with van der Waals surface area (Å²) < 4.78 is 14.2. The maximum Gasteiger partial charge on any atom is 0.144 e. The Bertz CT molecular complexity index is 479. The Kier molecular flexibility index (Phi) is 1.99. The average Bonchev–Trinajstić information content (AvgIpc) is 2.67. The van der Waals surface area contributed by atoms with Crippen LogP contribution in [0.3, 0.4) is 0 Å². The highest BCUT2D eigenvalue weighted by atomic mass is 19.1. The number of nitrogens with zero attached hydrogens (tertiary/aromatic N) is 3. The molecule has 0 radical (unpaired) electrons. The molecule has 0 bridgehead atoms. The van der Waals surface area contributed by atoms with Crippen LogP contribution in [0.15, 0.2) is 36.8 Å². The molecule has 0 atom stereocenters. The van der Waals surface area contributed by atoms with E-state index in [2.05, 4.69) is 4.98 Å². The van der Waals surface area contributed by atoms with Gasteiger partial charge in [-0.3, -0.25) is 4.57 Å². The van der Waals surface area contributed by atoms with E-state index in [1.54, 1.807) is 16.7 Å². The summed E-state index contributed by atoms with van der Waals surface area (Å²) in [6.07, 6.45) is 2.98. The van der Waals surface area contributed by atoms with Crippen molar-refractivity contribution < 1.29 is 4.39 Å². The number of aromatic nitrogens is 2. The fourth-order valence-electron chi connectivity index (χ4n) is 1.19. The molecule has 1 aromatic heterocycles. The molecule has 68 valence electrons. The van der Waals surface area contributed by atoms with Crippen LogP contribution in [-0.2, 0) is 0 Å². The van der Waals surface area contributed by atoms with E-state index in [0.29, 0.717) is 5.69 Å². The molecule has 0 saturated carbocycles. The van der Waals surface area contributed by atoms with Crippen molar-refractivity contribution in [3.63, 3.8) is 0 Å². The van der Waals surface area contributed by atoms with E-state index in [9.17, 15) is 4.39 Å². The van der Waals surface area contributed by atoms with Crippen LogP contribution in [0.2, 0.25) is 0 Å². The van der Waals surface area contributed by atoms with Gasteiger partial charge in [-0.05, 0) is 24.3 Å². The molecule has 3 nitrogen and oxygen atoms in total. The van der Waals surface area contributed by atoms with Gasteiger partial charge in [0.15, 0.2) is 0 Å². The first-order valence-corrected chi connectivity index (χ1v) is 3.99. The second-order valence-corrected chi connectivity index (χ2v) is 2.74. The fraction of sp³-hybridized carbons (Fsp3) is 0. The number of nitriles is 1. The summed E-state index contributed by atoms with van der Waals surface area (Å²) in [6, 6.07) is 7.87. The normalized spacial score (nSPS) is 9.71. The largest absolute Gasteiger partial charge is 0.290 e. The third-order valence-corrected chi connectivity index (χ3v) is 1.86. The zero-order valence-corrected chi connectivity index (χ0v) is 7.18. The van der Waals surface area contributed by atoms with Crippen molar-refractivity contribution in [1.82, 2.24) is 9.55 Å². The van der Waals surface area contributed by atoms with E-state index in [0.717, 1.165) is 5.69 Å². The van der Waals surface area contributed by atoms with Gasteiger partial charge in [-0.25, -0.2) is 9.37 Å². The first kappa shape index (κ1) is 8.45. The highest BCUT2D eigenvalue weighted by molar-refractivity contribution is 5.36. The molecule has 0 aliphatic carbocycles. The number of hydrogen-bond acceptors (Lipinski definition) is 2. The molecule has 0 N–H and O–H groups in total. The molecular formula is C10H6FN3.